The second-order valence-electron chi connectivity index (χ2n) is 5.95. The highest BCUT2D eigenvalue weighted by Gasteiger charge is 2.16. The van der Waals surface area contributed by atoms with Crippen LogP contribution in [0.15, 0.2) is 55.7 Å². The number of benzene rings is 1. The summed E-state index contributed by atoms with van der Waals surface area (Å²) in [4.78, 5) is 21.6. The zero-order valence-corrected chi connectivity index (χ0v) is 18.8. The van der Waals surface area contributed by atoms with Gasteiger partial charge in [0.05, 0.1) is 11.1 Å². The van der Waals surface area contributed by atoms with Crippen LogP contribution in [0.5, 0.6) is 0 Å². The largest absolute Gasteiger partial charge is 0.355 e. The number of hydrogen-bond donors (Lipinski definition) is 1. The fourth-order valence-corrected chi connectivity index (χ4v) is 6.43. The van der Waals surface area contributed by atoms with Crippen LogP contribution in [0.1, 0.15) is 13.3 Å². The van der Waals surface area contributed by atoms with E-state index in [2.05, 4.69) is 43.0 Å². The van der Waals surface area contributed by atoms with Gasteiger partial charge in [-0.15, -0.1) is 21.5 Å². The molecule has 0 bridgehead atoms. The van der Waals surface area contributed by atoms with Gasteiger partial charge in [0.15, 0.2) is 8.68 Å². The van der Waals surface area contributed by atoms with Gasteiger partial charge < -0.3 is 5.32 Å². The predicted molar refractivity (Wildman–Crippen MR) is 121 cm³/mol. The summed E-state index contributed by atoms with van der Waals surface area (Å²) in [6, 6.07) is 10.2. The van der Waals surface area contributed by atoms with Gasteiger partial charge in [-0.05, 0) is 23.7 Å². The molecule has 29 heavy (non-hydrogen) atoms. The van der Waals surface area contributed by atoms with Gasteiger partial charge in [0.2, 0.25) is 5.91 Å². The molecule has 0 radical (unpaired) electrons. The summed E-state index contributed by atoms with van der Waals surface area (Å²) < 4.78 is 1.57. The molecule has 3 heterocycles. The summed E-state index contributed by atoms with van der Waals surface area (Å²) >= 11 is 5.97. The third-order valence-corrected chi connectivity index (χ3v) is 7.89. The maximum absolute atomic E-state index is 11.8. The Kier molecular flexibility index (Phi) is 6.75. The molecule has 148 valence electrons. The van der Waals surface area contributed by atoms with Crippen LogP contribution < -0.4 is 5.32 Å². The molecule has 0 atom stereocenters. The molecule has 0 aliphatic carbocycles. The molecular weight excluding hydrogens is 443 g/mol. The van der Waals surface area contributed by atoms with Crippen molar-refractivity contribution in [2.75, 3.05) is 12.3 Å². The van der Waals surface area contributed by atoms with Crippen LogP contribution in [-0.2, 0) is 4.79 Å². The quantitative estimate of drug-likeness (QED) is 0.294. The molecule has 0 aliphatic heterocycles. The number of thioether (sulfide) groups is 1. The fraction of sp³-hybridized carbons (Fsp3) is 0.211. The molecule has 6 nitrogen and oxygen atoms in total. The first-order valence-corrected chi connectivity index (χ1v) is 12.4. The normalized spacial score (nSPS) is 11.1. The van der Waals surface area contributed by atoms with E-state index in [1.165, 1.54) is 34.9 Å². The Labute approximate surface area is 184 Å². The van der Waals surface area contributed by atoms with Gasteiger partial charge in [-0.2, -0.15) is 0 Å². The Morgan fingerprint density at radius 1 is 1.14 bits per heavy atom. The van der Waals surface area contributed by atoms with Crippen LogP contribution in [0, 0.1) is 0 Å². The van der Waals surface area contributed by atoms with Crippen molar-refractivity contribution in [1.29, 1.82) is 0 Å². The lowest BCUT2D eigenvalue weighted by Gasteiger charge is -2.03. The third-order valence-electron chi connectivity index (χ3n) is 3.89. The topological polar surface area (TPSA) is 80.7 Å². The molecule has 1 aromatic carbocycles. The third kappa shape index (κ3) is 4.95. The molecule has 0 spiro atoms. The zero-order valence-electron chi connectivity index (χ0n) is 15.5. The lowest BCUT2D eigenvalue weighted by atomic mass is 10.1. The van der Waals surface area contributed by atoms with E-state index in [0.717, 1.165) is 41.5 Å². The maximum atomic E-state index is 11.8. The molecule has 1 amide bonds. The molecule has 0 fully saturated rings. The van der Waals surface area contributed by atoms with Gasteiger partial charge in [0.25, 0.3) is 0 Å². The van der Waals surface area contributed by atoms with Crippen LogP contribution in [0.2, 0.25) is 0 Å². The number of aromatic nitrogens is 4. The molecule has 0 saturated heterocycles. The molecule has 3 aromatic heterocycles. The Bertz CT molecular complexity index is 1110. The van der Waals surface area contributed by atoms with Crippen molar-refractivity contribution in [3.05, 3.63) is 42.0 Å². The van der Waals surface area contributed by atoms with Crippen molar-refractivity contribution in [2.24, 2.45) is 0 Å². The zero-order chi connectivity index (χ0) is 20.1. The fourth-order valence-electron chi connectivity index (χ4n) is 2.58. The molecule has 10 heteroatoms. The molecule has 0 aliphatic rings. The Morgan fingerprint density at radius 3 is 2.79 bits per heavy atom. The van der Waals surface area contributed by atoms with Gasteiger partial charge in [-0.1, -0.05) is 60.4 Å². The first-order chi connectivity index (χ1) is 14.2. The predicted octanol–water partition coefficient (Wildman–Crippen LogP) is 4.98. The van der Waals surface area contributed by atoms with E-state index < -0.39 is 0 Å². The number of rotatable bonds is 8. The van der Waals surface area contributed by atoms with Gasteiger partial charge in [0, 0.05) is 17.5 Å². The number of carbonyl (C=O) groups is 1. The molecule has 1 N–H and O–H groups in total. The second kappa shape index (κ2) is 9.66. The van der Waals surface area contributed by atoms with Crippen molar-refractivity contribution >= 4 is 62.3 Å². The van der Waals surface area contributed by atoms with E-state index in [9.17, 15) is 4.79 Å². The minimum atomic E-state index is 0.0181. The Balaban J connectivity index is 1.52. The van der Waals surface area contributed by atoms with Gasteiger partial charge in [-0.3, -0.25) is 4.79 Å². The first-order valence-electron chi connectivity index (χ1n) is 8.93. The molecule has 4 aromatic rings. The van der Waals surface area contributed by atoms with Crippen LogP contribution >= 0.6 is 46.2 Å². The van der Waals surface area contributed by atoms with E-state index in [4.69, 9.17) is 0 Å². The maximum Gasteiger partial charge on any atom is 0.230 e. The summed E-state index contributed by atoms with van der Waals surface area (Å²) in [6.07, 6.45) is 2.52. The summed E-state index contributed by atoms with van der Waals surface area (Å²) in [7, 11) is 0. The number of amides is 1. The minimum absolute atomic E-state index is 0.0181. The Hall–Kier alpha value is -2.01. The van der Waals surface area contributed by atoms with Crippen molar-refractivity contribution < 1.29 is 4.79 Å². The van der Waals surface area contributed by atoms with E-state index in [-0.39, 0.29) is 5.91 Å². The van der Waals surface area contributed by atoms with Gasteiger partial charge in [-0.25, -0.2) is 9.97 Å². The SMILES string of the molecule is CCCNC(=O)CSc1nnc(Sc2ncnc3scc(-c4ccccc4)c23)s1. The van der Waals surface area contributed by atoms with Gasteiger partial charge >= 0.3 is 0 Å². The summed E-state index contributed by atoms with van der Waals surface area (Å²) in [5, 5.41) is 15.4. The monoisotopic (exact) mass is 459 g/mol. The standard InChI is InChI=1S/C19H17N5OS4/c1-2-8-20-14(25)10-27-18-23-24-19(29-18)28-17-15-13(12-6-4-3-5-7-12)9-26-16(15)21-11-22-17/h3-7,9,11H,2,8,10H2,1H3,(H,20,25). The summed E-state index contributed by atoms with van der Waals surface area (Å²) in [6.45, 7) is 2.73. The molecule has 0 unspecified atom stereocenters. The van der Waals surface area contributed by atoms with Crippen molar-refractivity contribution in [3.8, 4) is 11.1 Å². The van der Waals surface area contributed by atoms with E-state index in [1.54, 1.807) is 17.7 Å². The second-order valence-corrected chi connectivity index (χ2v) is 10.2. The van der Waals surface area contributed by atoms with Crippen molar-refractivity contribution in [1.82, 2.24) is 25.5 Å². The van der Waals surface area contributed by atoms with E-state index in [1.807, 2.05) is 25.1 Å². The first kappa shape index (κ1) is 20.3. The number of fused-ring (bicyclic) bond motifs is 1. The highest BCUT2D eigenvalue weighted by Crippen LogP contribution is 2.41. The molecular formula is C19H17N5OS4. The van der Waals surface area contributed by atoms with Crippen molar-refractivity contribution in [3.63, 3.8) is 0 Å². The van der Waals surface area contributed by atoms with Crippen LogP contribution in [0.3, 0.4) is 0 Å². The number of nitrogens with zero attached hydrogens (tertiary/aromatic N) is 4. The average molecular weight is 460 g/mol. The van der Waals surface area contributed by atoms with Crippen LogP contribution in [-0.4, -0.2) is 38.4 Å². The number of thiophene rings is 1. The minimum Gasteiger partial charge on any atom is -0.355 e. The van der Waals surface area contributed by atoms with Crippen molar-refractivity contribution in [2.45, 2.75) is 27.0 Å². The average Bonchev–Trinajstić information content (AvgIpc) is 3.39. The number of nitrogens with one attached hydrogen (secondary N) is 1. The number of hydrogen-bond acceptors (Lipinski definition) is 9. The number of carbonyl (C=O) groups excluding carboxylic acids is 1. The van der Waals surface area contributed by atoms with Crippen LogP contribution in [0.4, 0.5) is 0 Å². The van der Waals surface area contributed by atoms with Gasteiger partial charge in [0.1, 0.15) is 16.2 Å². The van der Waals surface area contributed by atoms with E-state index >= 15 is 0 Å². The highest BCUT2D eigenvalue weighted by atomic mass is 32.2. The molecule has 4 rings (SSSR count). The summed E-state index contributed by atoms with van der Waals surface area (Å²) in [5.41, 5.74) is 2.27. The Morgan fingerprint density at radius 2 is 1.97 bits per heavy atom. The van der Waals surface area contributed by atoms with Crippen LogP contribution in [0.25, 0.3) is 21.3 Å². The summed E-state index contributed by atoms with van der Waals surface area (Å²) in [5.74, 6) is 0.365. The van der Waals surface area contributed by atoms with E-state index in [0.29, 0.717) is 12.3 Å². The lowest BCUT2D eigenvalue weighted by molar-refractivity contribution is -0.118. The highest BCUT2D eigenvalue weighted by molar-refractivity contribution is 8.03. The lowest BCUT2D eigenvalue weighted by Crippen LogP contribution is -2.25. The smallest absolute Gasteiger partial charge is 0.230 e. The molecule has 0 saturated carbocycles.